The molecule has 3 heterocycles. The van der Waals surface area contributed by atoms with E-state index in [1.54, 1.807) is 4.68 Å². The number of aromatic nitrogens is 4. The normalized spacial score (nSPS) is 22.8. The highest BCUT2D eigenvalue weighted by atomic mass is 16.2. The lowest BCUT2D eigenvalue weighted by Crippen LogP contribution is -2.48. The van der Waals surface area contributed by atoms with Crippen LogP contribution in [0.1, 0.15) is 46.7 Å². The first-order valence-corrected chi connectivity index (χ1v) is 8.40. The minimum Gasteiger partial charge on any atom is -0.368 e. The molecule has 1 amide bonds. The minimum atomic E-state index is -0.0792. The van der Waals surface area contributed by atoms with Gasteiger partial charge in [-0.05, 0) is 44.2 Å². The van der Waals surface area contributed by atoms with Crippen LogP contribution in [0, 0.1) is 6.92 Å². The molecule has 1 fully saturated rings. The number of hydrogen-bond acceptors (Lipinski definition) is 5. The first kappa shape index (κ1) is 15.1. The zero-order valence-electron chi connectivity index (χ0n) is 14.1. The molecule has 0 bridgehead atoms. The number of likely N-dealkylation sites (tertiary alicyclic amines) is 1. The van der Waals surface area contributed by atoms with E-state index < -0.39 is 0 Å². The Balaban J connectivity index is 1.63. The number of aryl methyl sites for hydroxylation is 3. The number of amides is 1. The second kappa shape index (κ2) is 5.29. The molecule has 2 aromatic heterocycles. The highest BCUT2D eigenvalue weighted by Crippen LogP contribution is 2.44. The van der Waals surface area contributed by atoms with Gasteiger partial charge in [-0.1, -0.05) is 0 Å². The summed E-state index contributed by atoms with van der Waals surface area (Å²) < 4.78 is 1.74. The van der Waals surface area contributed by atoms with Gasteiger partial charge >= 0.3 is 0 Å². The average molecular weight is 326 g/mol. The Morgan fingerprint density at radius 1 is 1.38 bits per heavy atom. The molecule has 2 aromatic rings. The smallest absolute Gasteiger partial charge is 0.274 e. The van der Waals surface area contributed by atoms with Gasteiger partial charge in [-0.3, -0.25) is 9.48 Å². The number of nitrogens with zero attached hydrogens (tertiary/aromatic N) is 5. The molecule has 1 atom stereocenters. The van der Waals surface area contributed by atoms with Crippen LogP contribution in [0.5, 0.6) is 0 Å². The van der Waals surface area contributed by atoms with Crippen molar-refractivity contribution in [3.63, 3.8) is 0 Å². The number of hydrogen-bond donors (Lipinski definition) is 1. The number of fused-ring (bicyclic) bond motifs is 2. The van der Waals surface area contributed by atoms with E-state index in [4.69, 9.17) is 5.73 Å². The molecule has 0 aromatic carbocycles. The predicted octanol–water partition coefficient (Wildman–Crippen LogP) is 1.22. The van der Waals surface area contributed by atoms with Gasteiger partial charge in [-0.25, -0.2) is 9.97 Å². The van der Waals surface area contributed by atoms with Crippen LogP contribution < -0.4 is 5.73 Å². The van der Waals surface area contributed by atoms with E-state index >= 15 is 0 Å². The van der Waals surface area contributed by atoms with Crippen LogP contribution in [0.2, 0.25) is 0 Å². The van der Waals surface area contributed by atoms with Gasteiger partial charge in [0.15, 0.2) is 5.69 Å². The first-order valence-electron chi connectivity index (χ1n) is 8.40. The van der Waals surface area contributed by atoms with Crippen molar-refractivity contribution in [3.8, 4) is 0 Å². The summed E-state index contributed by atoms with van der Waals surface area (Å²) in [4.78, 5) is 23.4. The molecule has 1 aliphatic heterocycles. The van der Waals surface area contributed by atoms with E-state index in [1.807, 2.05) is 31.1 Å². The van der Waals surface area contributed by atoms with Crippen LogP contribution >= 0.6 is 0 Å². The van der Waals surface area contributed by atoms with Crippen molar-refractivity contribution in [1.82, 2.24) is 24.6 Å². The molecule has 0 saturated carbocycles. The van der Waals surface area contributed by atoms with Crippen LogP contribution in [-0.2, 0) is 18.9 Å². The van der Waals surface area contributed by atoms with Crippen molar-refractivity contribution < 1.29 is 4.79 Å². The second-order valence-corrected chi connectivity index (χ2v) is 7.01. The maximum absolute atomic E-state index is 12.9. The Labute approximate surface area is 140 Å². The van der Waals surface area contributed by atoms with Crippen LogP contribution in [0.3, 0.4) is 0 Å². The summed E-state index contributed by atoms with van der Waals surface area (Å²) in [5.74, 6) is 0.326. The highest BCUT2D eigenvalue weighted by Gasteiger charge is 2.45. The largest absolute Gasteiger partial charge is 0.368 e. The quantitative estimate of drug-likeness (QED) is 0.851. The molecule has 1 spiro atoms. The van der Waals surface area contributed by atoms with Gasteiger partial charge in [0.25, 0.3) is 5.91 Å². The lowest BCUT2D eigenvalue weighted by Gasteiger charge is -2.40. The molecule has 24 heavy (non-hydrogen) atoms. The molecule has 7 nitrogen and oxygen atoms in total. The van der Waals surface area contributed by atoms with Gasteiger partial charge in [0.05, 0.1) is 5.69 Å². The topological polar surface area (TPSA) is 89.9 Å². The van der Waals surface area contributed by atoms with Gasteiger partial charge in [-0.15, -0.1) is 0 Å². The molecule has 126 valence electrons. The predicted molar refractivity (Wildman–Crippen MR) is 89.5 cm³/mol. The highest BCUT2D eigenvalue weighted by molar-refractivity contribution is 5.92. The SMILES string of the molecule is Cc1cc(C(=O)N2CCCC3(CCc4cnc(N)nc43)C2)nn1C. The van der Waals surface area contributed by atoms with E-state index in [-0.39, 0.29) is 11.3 Å². The van der Waals surface area contributed by atoms with Crippen molar-refractivity contribution in [3.05, 3.63) is 34.9 Å². The maximum atomic E-state index is 12.9. The van der Waals surface area contributed by atoms with E-state index in [0.717, 1.165) is 43.6 Å². The summed E-state index contributed by atoms with van der Waals surface area (Å²) in [5.41, 5.74) is 9.45. The van der Waals surface area contributed by atoms with Crippen molar-refractivity contribution in [2.24, 2.45) is 7.05 Å². The Morgan fingerprint density at radius 2 is 2.21 bits per heavy atom. The Morgan fingerprint density at radius 3 is 2.96 bits per heavy atom. The van der Waals surface area contributed by atoms with Gasteiger partial charge in [-0.2, -0.15) is 5.10 Å². The zero-order chi connectivity index (χ0) is 16.9. The molecule has 1 unspecified atom stereocenters. The lowest BCUT2D eigenvalue weighted by atomic mass is 9.77. The molecule has 1 aliphatic carbocycles. The van der Waals surface area contributed by atoms with Gasteiger partial charge in [0.2, 0.25) is 5.95 Å². The number of carbonyl (C=O) groups is 1. The van der Waals surface area contributed by atoms with E-state index in [2.05, 4.69) is 15.1 Å². The first-order chi connectivity index (χ1) is 11.5. The van der Waals surface area contributed by atoms with Crippen LogP contribution in [0.15, 0.2) is 12.3 Å². The fraction of sp³-hybridized carbons (Fsp3) is 0.529. The monoisotopic (exact) mass is 326 g/mol. The zero-order valence-corrected chi connectivity index (χ0v) is 14.1. The van der Waals surface area contributed by atoms with Crippen LogP contribution in [0.25, 0.3) is 0 Å². The lowest BCUT2D eigenvalue weighted by molar-refractivity contribution is 0.0627. The Bertz CT molecular complexity index is 790. The number of piperidine rings is 1. The van der Waals surface area contributed by atoms with E-state index in [9.17, 15) is 4.79 Å². The van der Waals surface area contributed by atoms with Gasteiger partial charge in [0.1, 0.15) is 0 Å². The van der Waals surface area contributed by atoms with Crippen molar-refractivity contribution in [2.75, 3.05) is 18.8 Å². The molecule has 4 rings (SSSR count). The third-order valence-corrected chi connectivity index (χ3v) is 5.46. The number of rotatable bonds is 1. The van der Waals surface area contributed by atoms with Crippen molar-refractivity contribution in [2.45, 2.75) is 38.0 Å². The summed E-state index contributed by atoms with van der Waals surface area (Å²) in [6.45, 7) is 3.41. The number of carbonyl (C=O) groups excluding carboxylic acids is 1. The average Bonchev–Trinajstić information content (AvgIpc) is 3.08. The molecular weight excluding hydrogens is 304 g/mol. The fourth-order valence-electron chi connectivity index (χ4n) is 4.08. The number of nitrogen functional groups attached to an aromatic ring is 1. The van der Waals surface area contributed by atoms with E-state index in [1.165, 1.54) is 5.56 Å². The standard InChI is InChI=1S/C17H22N6O/c1-11-8-13(21-22(11)2)15(24)23-7-3-5-17(10-23)6-4-12-9-19-16(18)20-14(12)17/h8-9H,3-7,10H2,1-2H3,(H2,18,19,20). The molecule has 2 aliphatic rings. The molecule has 1 saturated heterocycles. The molecule has 2 N–H and O–H groups in total. The number of anilines is 1. The molecule has 7 heteroatoms. The van der Waals surface area contributed by atoms with Gasteiger partial charge < -0.3 is 10.6 Å². The molecule has 0 radical (unpaired) electrons. The summed E-state index contributed by atoms with van der Waals surface area (Å²) in [5, 5.41) is 4.34. The van der Waals surface area contributed by atoms with Crippen molar-refractivity contribution in [1.29, 1.82) is 0 Å². The summed E-state index contributed by atoms with van der Waals surface area (Å²) in [7, 11) is 1.86. The van der Waals surface area contributed by atoms with Crippen LogP contribution in [-0.4, -0.2) is 43.6 Å². The Hall–Kier alpha value is -2.44. The summed E-state index contributed by atoms with van der Waals surface area (Å²) >= 11 is 0. The van der Waals surface area contributed by atoms with E-state index in [0.29, 0.717) is 18.2 Å². The Kier molecular flexibility index (Phi) is 3.33. The van der Waals surface area contributed by atoms with Gasteiger partial charge in [0, 0.05) is 37.4 Å². The maximum Gasteiger partial charge on any atom is 0.274 e. The fourth-order valence-corrected chi connectivity index (χ4v) is 4.08. The number of nitrogens with two attached hydrogens (primary N) is 1. The minimum absolute atomic E-state index is 0.00764. The van der Waals surface area contributed by atoms with Crippen molar-refractivity contribution >= 4 is 11.9 Å². The summed E-state index contributed by atoms with van der Waals surface area (Å²) in [6.07, 6.45) is 5.82. The molecular formula is C17H22N6O. The van der Waals surface area contributed by atoms with Crippen LogP contribution in [0.4, 0.5) is 5.95 Å². The third-order valence-electron chi connectivity index (χ3n) is 5.46. The third kappa shape index (κ3) is 2.26. The second-order valence-electron chi connectivity index (χ2n) is 7.01. The summed E-state index contributed by atoms with van der Waals surface area (Å²) in [6, 6.07) is 1.85.